The van der Waals surface area contributed by atoms with Crippen LogP contribution in [0.2, 0.25) is 0 Å². The Morgan fingerprint density at radius 1 is 1.38 bits per heavy atom. The number of rotatable bonds is 4. The second-order valence-corrected chi connectivity index (χ2v) is 7.40. The number of ether oxygens (including phenoxy) is 1. The molecule has 1 N–H and O–H groups in total. The lowest BCUT2D eigenvalue weighted by atomic mass is 10.2. The summed E-state index contributed by atoms with van der Waals surface area (Å²) < 4.78 is 27.9. The van der Waals surface area contributed by atoms with Gasteiger partial charge in [0.05, 0.1) is 11.0 Å². The molecule has 0 atom stereocenters. The third kappa shape index (κ3) is 4.83. The zero-order valence-corrected chi connectivity index (χ0v) is 10.8. The Balaban J connectivity index is 2.23. The number of sulfone groups is 1. The molecule has 0 bridgehead atoms. The van der Waals surface area contributed by atoms with Crippen molar-refractivity contribution in [3.63, 3.8) is 0 Å². The molecular weight excluding hydrogens is 230 g/mol. The fraction of sp³-hybridized carbons (Fsp3) is 0.900. The largest absolute Gasteiger partial charge is 0.444 e. The highest BCUT2D eigenvalue weighted by atomic mass is 32.2. The predicted octanol–water partition coefficient (Wildman–Crippen LogP) is 1.09. The van der Waals surface area contributed by atoms with E-state index in [9.17, 15) is 13.2 Å². The van der Waals surface area contributed by atoms with Crippen molar-refractivity contribution in [2.75, 3.05) is 12.3 Å². The van der Waals surface area contributed by atoms with E-state index in [1.807, 2.05) is 0 Å². The molecule has 1 aliphatic rings. The van der Waals surface area contributed by atoms with Gasteiger partial charge in [-0.1, -0.05) is 0 Å². The molecule has 1 fully saturated rings. The molecule has 0 saturated heterocycles. The van der Waals surface area contributed by atoms with E-state index in [1.54, 1.807) is 20.8 Å². The molecule has 0 spiro atoms. The Hall–Kier alpha value is -0.780. The fourth-order valence-electron chi connectivity index (χ4n) is 1.20. The number of hydrogen-bond acceptors (Lipinski definition) is 4. The van der Waals surface area contributed by atoms with E-state index >= 15 is 0 Å². The van der Waals surface area contributed by atoms with Gasteiger partial charge in [-0.3, -0.25) is 0 Å². The zero-order chi connectivity index (χ0) is 12.4. The average molecular weight is 249 g/mol. The molecule has 1 rings (SSSR count). The Morgan fingerprint density at radius 3 is 2.38 bits per heavy atom. The maximum absolute atomic E-state index is 11.5. The van der Waals surface area contributed by atoms with Crippen LogP contribution in [-0.4, -0.2) is 37.7 Å². The van der Waals surface area contributed by atoms with Crippen molar-refractivity contribution in [3.05, 3.63) is 0 Å². The summed E-state index contributed by atoms with van der Waals surface area (Å²) in [5, 5.41) is 2.26. The lowest BCUT2D eigenvalue weighted by Crippen LogP contribution is -2.35. The summed E-state index contributed by atoms with van der Waals surface area (Å²) in [6.07, 6.45) is 0.947. The maximum atomic E-state index is 11.5. The molecule has 0 aromatic heterocycles. The van der Waals surface area contributed by atoms with E-state index < -0.39 is 21.5 Å². The second kappa shape index (κ2) is 4.61. The van der Waals surface area contributed by atoms with E-state index in [4.69, 9.17) is 4.74 Å². The minimum absolute atomic E-state index is 0.00307. The minimum atomic E-state index is -3.00. The molecule has 0 radical (unpaired) electrons. The quantitative estimate of drug-likeness (QED) is 0.809. The van der Waals surface area contributed by atoms with Gasteiger partial charge in [-0.2, -0.15) is 0 Å². The van der Waals surface area contributed by atoms with E-state index in [2.05, 4.69) is 5.32 Å². The van der Waals surface area contributed by atoms with Gasteiger partial charge in [0.15, 0.2) is 9.84 Å². The molecule has 16 heavy (non-hydrogen) atoms. The Kier molecular flexibility index (Phi) is 3.83. The van der Waals surface area contributed by atoms with E-state index in [0.29, 0.717) is 0 Å². The minimum Gasteiger partial charge on any atom is -0.444 e. The standard InChI is InChI=1S/C10H19NO4S/c1-10(2,3)15-9(12)11-6-7-16(13,14)8-4-5-8/h8H,4-7H2,1-3H3,(H,11,12). The summed E-state index contributed by atoms with van der Waals surface area (Å²) in [6.45, 7) is 5.39. The van der Waals surface area contributed by atoms with Crippen molar-refractivity contribution in [2.24, 2.45) is 0 Å². The summed E-state index contributed by atoms with van der Waals surface area (Å²) in [7, 11) is -3.00. The maximum Gasteiger partial charge on any atom is 0.407 e. The highest BCUT2D eigenvalue weighted by Gasteiger charge is 2.35. The molecule has 6 heteroatoms. The fourth-order valence-corrected chi connectivity index (χ4v) is 2.78. The SMILES string of the molecule is CC(C)(C)OC(=O)NCCS(=O)(=O)C1CC1. The van der Waals surface area contributed by atoms with E-state index in [1.165, 1.54) is 0 Å². The Bertz CT molecular complexity index is 352. The van der Waals surface area contributed by atoms with Crippen molar-refractivity contribution < 1.29 is 17.9 Å². The normalized spacial score (nSPS) is 16.9. The van der Waals surface area contributed by atoms with Crippen LogP contribution in [0.5, 0.6) is 0 Å². The first-order valence-corrected chi connectivity index (χ1v) is 7.11. The Morgan fingerprint density at radius 2 is 1.94 bits per heavy atom. The van der Waals surface area contributed by atoms with Gasteiger partial charge in [0.25, 0.3) is 0 Å². The number of carbonyl (C=O) groups excluding carboxylic acids is 1. The van der Waals surface area contributed by atoms with Crippen LogP contribution in [0.1, 0.15) is 33.6 Å². The summed E-state index contributed by atoms with van der Waals surface area (Å²) in [5.74, 6) is -0.00307. The van der Waals surface area contributed by atoms with Crippen LogP contribution in [0.25, 0.3) is 0 Å². The lowest BCUT2D eigenvalue weighted by Gasteiger charge is -2.19. The Labute approximate surface area is 96.5 Å². The number of alkyl carbamates (subject to hydrolysis) is 1. The molecule has 1 aliphatic carbocycles. The first-order valence-electron chi connectivity index (χ1n) is 5.39. The van der Waals surface area contributed by atoms with Gasteiger partial charge < -0.3 is 10.1 Å². The van der Waals surface area contributed by atoms with Gasteiger partial charge in [-0.05, 0) is 33.6 Å². The van der Waals surface area contributed by atoms with Crippen LogP contribution in [0.3, 0.4) is 0 Å². The predicted molar refractivity (Wildman–Crippen MR) is 61.0 cm³/mol. The molecular formula is C10H19NO4S. The van der Waals surface area contributed by atoms with Crippen LogP contribution >= 0.6 is 0 Å². The summed E-state index contributed by atoms with van der Waals surface area (Å²) in [6, 6.07) is 0. The van der Waals surface area contributed by atoms with Crippen molar-refractivity contribution in [2.45, 2.75) is 44.5 Å². The van der Waals surface area contributed by atoms with Crippen molar-refractivity contribution in [1.82, 2.24) is 5.32 Å². The van der Waals surface area contributed by atoms with Crippen LogP contribution in [0.15, 0.2) is 0 Å². The number of carbonyl (C=O) groups is 1. The average Bonchev–Trinajstić information content (AvgIpc) is 2.80. The number of nitrogens with one attached hydrogen (secondary N) is 1. The number of amides is 1. The van der Waals surface area contributed by atoms with Crippen molar-refractivity contribution in [1.29, 1.82) is 0 Å². The number of hydrogen-bond donors (Lipinski definition) is 1. The van der Waals surface area contributed by atoms with Gasteiger partial charge in [0.2, 0.25) is 0 Å². The van der Waals surface area contributed by atoms with Gasteiger partial charge in [0, 0.05) is 6.54 Å². The van der Waals surface area contributed by atoms with Crippen LogP contribution in [0.4, 0.5) is 4.79 Å². The zero-order valence-electron chi connectivity index (χ0n) is 9.95. The highest BCUT2D eigenvalue weighted by Crippen LogP contribution is 2.28. The van der Waals surface area contributed by atoms with Crippen molar-refractivity contribution in [3.8, 4) is 0 Å². The molecule has 1 amide bonds. The topological polar surface area (TPSA) is 72.5 Å². The van der Waals surface area contributed by atoms with Gasteiger partial charge in [0.1, 0.15) is 5.60 Å². The summed E-state index contributed by atoms with van der Waals surface area (Å²) in [4.78, 5) is 11.2. The molecule has 0 heterocycles. The molecule has 5 nitrogen and oxygen atoms in total. The summed E-state index contributed by atoms with van der Waals surface area (Å²) in [5.41, 5.74) is -0.556. The first kappa shape index (κ1) is 13.3. The molecule has 0 unspecified atom stereocenters. The molecule has 1 saturated carbocycles. The third-order valence-electron chi connectivity index (χ3n) is 2.09. The van der Waals surface area contributed by atoms with E-state index in [-0.39, 0.29) is 17.5 Å². The summed E-state index contributed by atoms with van der Waals surface area (Å²) >= 11 is 0. The van der Waals surface area contributed by atoms with Gasteiger partial charge >= 0.3 is 6.09 Å². The third-order valence-corrected chi connectivity index (χ3v) is 4.35. The monoisotopic (exact) mass is 249 g/mol. The van der Waals surface area contributed by atoms with Crippen LogP contribution in [0, 0.1) is 0 Å². The molecule has 0 aromatic rings. The van der Waals surface area contributed by atoms with Crippen LogP contribution in [-0.2, 0) is 14.6 Å². The van der Waals surface area contributed by atoms with E-state index in [0.717, 1.165) is 12.8 Å². The van der Waals surface area contributed by atoms with Crippen molar-refractivity contribution >= 4 is 15.9 Å². The molecule has 94 valence electrons. The smallest absolute Gasteiger partial charge is 0.407 e. The lowest BCUT2D eigenvalue weighted by molar-refractivity contribution is 0.0531. The van der Waals surface area contributed by atoms with Gasteiger partial charge in [-0.25, -0.2) is 13.2 Å². The first-order chi connectivity index (χ1) is 7.21. The highest BCUT2D eigenvalue weighted by molar-refractivity contribution is 7.92. The second-order valence-electron chi connectivity index (χ2n) is 5.00. The van der Waals surface area contributed by atoms with Gasteiger partial charge in [-0.15, -0.1) is 0 Å². The van der Waals surface area contributed by atoms with Crippen LogP contribution < -0.4 is 5.32 Å². The molecule has 0 aromatic carbocycles. The molecule has 0 aliphatic heterocycles.